The highest BCUT2D eigenvalue weighted by Crippen LogP contribution is 2.33. The molecule has 0 radical (unpaired) electrons. The molecule has 3 aromatic heterocycles. The van der Waals surface area contributed by atoms with Crippen LogP contribution in [0.3, 0.4) is 0 Å². The zero-order valence-corrected chi connectivity index (χ0v) is 21.2. The minimum Gasteiger partial charge on any atom is -0.478 e. The van der Waals surface area contributed by atoms with Crippen LogP contribution in [0.2, 0.25) is 0 Å². The quantitative estimate of drug-likeness (QED) is 0.387. The lowest BCUT2D eigenvalue weighted by atomic mass is 9.96. The van der Waals surface area contributed by atoms with Gasteiger partial charge in [-0.15, -0.1) is 0 Å². The topological polar surface area (TPSA) is 92.4 Å². The largest absolute Gasteiger partial charge is 0.478 e. The molecule has 10 heteroatoms. The second kappa shape index (κ2) is 9.86. The smallest absolute Gasteiger partial charge is 0.335 e. The van der Waals surface area contributed by atoms with E-state index in [2.05, 4.69) is 22.1 Å². The van der Waals surface area contributed by atoms with Crippen molar-refractivity contribution in [3.8, 4) is 5.69 Å². The first-order chi connectivity index (χ1) is 18.2. The van der Waals surface area contributed by atoms with Gasteiger partial charge in [0.15, 0.2) is 0 Å². The van der Waals surface area contributed by atoms with Crippen LogP contribution < -0.4 is 10.9 Å². The average Bonchev–Trinajstić information content (AvgIpc) is 3.24. The molecule has 2 N–H and O–H groups in total. The number of carboxylic acid groups (broad SMARTS) is 1. The predicted molar refractivity (Wildman–Crippen MR) is 142 cm³/mol. The molecule has 0 saturated heterocycles. The molecule has 5 rings (SSSR count). The van der Waals surface area contributed by atoms with Crippen molar-refractivity contribution in [3.05, 3.63) is 93.7 Å². The highest BCUT2D eigenvalue weighted by Gasteiger charge is 2.26. The van der Waals surface area contributed by atoms with Crippen LogP contribution in [0.15, 0.2) is 59.7 Å². The van der Waals surface area contributed by atoms with E-state index < -0.39 is 23.2 Å². The number of hydrogen-bond donors (Lipinski definition) is 2. The summed E-state index contributed by atoms with van der Waals surface area (Å²) >= 11 is 0. The first kappa shape index (κ1) is 25.3. The third kappa shape index (κ3) is 4.37. The zero-order valence-electron chi connectivity index (χ0n) is 21.2. The van der Waals surface area contributed by atoms with Gasteiger partial charge in [-0.05, 0) is 49.2 Å². The van der Waals surface area contributed by atoms with Crippen LogP contribution >= 0.6 is 0 Å². The maximum atomic E-state index is 14.6. The van der Waals surface area contributed by atoms with Gasteiger partial charge in [0, 0.05) is 74.0 Å². The number of aromatic nitrogens is 3. The van der Waals surface area contributed by atoms with Crippen LogP contribution in [0.1, 0.15) is 41.0 Å². The Kier molecular flexibility index (Phi) is 6.58. The Morgan fingerprint density at radius 1 is 1.16 bits per heavy atom. The number of nitrogens with zero attached hydrogens (tertiary/aromatic N) is 4. The fraction of sp³-hybridized carbons (Fsp3) is 0.250. The molecule has 1 atom stereocenters. The van der Waals surface area contributed by atoms with Crippen LogP contribution in [-0.2, 0) is 7.05 Å². The molecular formula is C28H27F2N5O3. The lowest BCUT2D eigenvalue weighted by Gasteiger charge is -2.32. The van der Waals surface area contributed by atoms with E-state index >= 15 is 0 Å². The van der Waals surface area contributed by atoms with Crippen LogP contribution in [0.25, 0.3) is 22.3 Å². The maximum Gasteiger partial charge on any atom is 0.335 e. The molecular weight excluding hydrogens is 492 g/mol. The molecule has 1 aliphatic heterocycles. The molecule has 1 aromatic carbocycles. The van der Waals surface area contributed by atoms with Crippen molar-refractivity contribution in [2.24, 2.45) is 7.05 Å². The third-order valence-corrected chi connectivity index (χ3v) is 7.24. The highest BCUT2D eigenvalue weighted by molar-refractivity contribution is 5.88. The van der Waals surface area contributed by atoms with Crippen LogP contribution in [0, 0.1) is 11.6 Å². The number of aromatic carboxylic acids is 1. The minimum absolute atomic E-state index is 0.0488. The summed E-state index contributed by atoms with van der Waals surface area (Å²) in [4.78, 5) is 30.6. The summed E-state index contributed by atoms with van der Waals surface area (Å²) in [6, 6.07) is 8.88. The van der Waals surface area contributed by atoms with Crippen LogP contribution in [0.4, 0.5) is 14.5 Å². The number of carboxylic acids is 1. The number of carbonyl (C=O) groups is 1. The number of halogens is 2. The Morgan fingerprint density at radius 2 is 1.89 bits per heavy atom. The van der Waals surface area contributed by atoms with Crippen molar-refractivity contribution < 1.29 is 18.7 Å². The molecule has 0 amide bonds. The van der Waals surface area contributed by atoms with Crippen LogP contribution in [-0.4, -0.2) is 50.2 Å². The Hall–Kier alpha value is -4.31. The number of benzene rings is 1. The number of anilines is 1. The molecule has 0 fully saturated rings. The molecule has 1 aliphatic rings. The van der Waals surface area contributed by atoms with Gasteiger partial charge in [0.25, 0.3) is 5.56 Å². The molecule has 8 nitrogen and oxygen atoms in total. The average molecular weight is 520 g/mol. The molecule has 38 heavy (non-hydrogen) atoms. The Bertz CT molecular complexity index is 1630. The second-order valence-electron chi connectivity index (χ2n) is 9.34. The number of hydrogen-bond acceptors (Lipinski definition) is 5. The van der Waals surface area contributed by atoms with Crippen molar-refractivity contribution in [2.45, 2.75) is 19.4 Å². The first-order valence-electron chi connectivity index (χ1n) is 12.2. The maximum absolute atomic E-state index is 14.6. The van der Waals surface area contributed by atoms with E-state index in [1.807, 2.05) is 29.8 Å². The lowest BCUT2D eigenvalue weighted by molar-refractivity contribution is 0.0695. The van der Waals surface area contributed by atoms with Gasteiger partial charge in [-0.1, -0.05) is 6.08 Å². The molecule has 0 aliphatic carbocycles. The fourth-order valence-electron chi connectivity index (χ4n) is 5.12. The summed E-state index contributed by atoms with van der Waals surface area (Å²) in [6.07, 6.45) is 5.61. The number of nitrogens with one attached hydrogen (secondary N) is 1. The summed E-state index contributed by atoms with van der Waals surface area (Å²) in [5.41, 5.74) is 2.96. The minimum atomic E-state index is -1.38. The summed E-state index contributed by atoms with van der Waals surface area (Å²) in [6.45, 7) is 3.07. The fourth-order valence-corrected chi connectivity index (χ4v) is 5.12. The van der Waals surface area contributed by atoms with Gasteiger partial charge in [-0.2, -0.15) is 0 Å². The van der Waals surface area contributed by atoms with Gasteiger partial charge in [0.1, 0.15) is 17.3 Å². The molecule has 0 saturated carbocycles. The molecule has 4 aromatic rings. The Labute approximate surface area is 217 Å². The number of fused-ring (bicyclic) bond motifs is 1. The van der Waals surface area contributed by atoms with Gasteiger partial charge in [0.2, 0.25) is 0 Å². The van der Waals surface area contributed by atoms with Crippen molar-refractivity contribution in [1.82, 2.24) is 19.0 Å². The van der Waals surface area contributed by atoms with Gasteiger partial charge in [0.05, 0.1) is 11.3 Å². The molecule has 0 spiro atoms. The summed E-state index contributed by atoms with van der Waals surface area (Å²) < 4.78 is 32.8. The first-order valence-corrected chi connectivity index (χ1v) is 12.2. The van der Waals surface area contributed by atoms with Gasteiger partial charge >= 0.3 is 5.97 Å². The lowest BCUT2D eigenvalue weighted by Crippen LogP contribution is -2.32. The SMILES string of the molecule is CNc1ccn(-c2ccnc3c2cc([C@@H](C)N2CC=C(c4c(F)cc(C(=O)O)cc4F)CC2)n3C)c(=O)c1. The van der Waals surface area contributed by atoms with E-state index in [0.29, 0.717) is 25.1 Å². The van der Waals surface area contributed by atoms with Crippen molar-refractivity contribution in [1.29, 1.82) is 0 Å². The van der Waals surface area contributed by atoms with Crippen molar-refractivity contribution >= 4 is 28.3 Å². The van der Waals surface area contributed by atoms with E-state index in [9.17, 15) is 18.4 Å². The number of aryl methyl sites for hydroxylation is 1. The zero-order chi connectivity index (χ0) is 27.1. The van der Waals surface area contributed by atoms with Crippen molar-refractivity contribution in [2.75, 3.05) is 25.5 Å². The Balaban J connectivity index is 1.45. The molecule has 196 valence electrons. The van der Waals surface area contributed by atoms with Crippen molar-refractivity contribution in [3.63, 3.8) is 0 Å². The highest BCUT2D eigenvalue weighted by atomic mass is 19.1. The second-order valence-corrected chi connectivity index (χ2v) is 9.34. The van der Waals surface area contributed by atoms with E-state index in [0.717, 1.165) is 40.2 Å². The van der Waals surface area contributed by atoms with E-state index in [-0.39, 0.29) is 17.2 Å². The van der Waals surface area contributed by atoms with Gasteiger partial charge in [-0.3, -0.25) is 14.3 Å². The Morgan fingerprint density at radius 3 is 2.50 bits per heavy atom. The predicted octanol–water partition coefficient (Wildman–Crippen LogP) is 4.59. The summed E-state index contributed by atoms with van der Waals surface area (Å²) in [5, 5.41) is 12.9. The van der Waals surface area contributed by atoms with E-state index in [1.54, 1.807) is 30.1 Å². The van der Waals surface area contributed by atoms with E-state index in [4.69, 9.17) is 5.11 Å². The monoisotopic (exact) mass is 519 g/mol. The van der Waals surface area contributed by atoms with Gasteiger partial charge < -0.3 is 15.0 Å². The molecule has 0 bridgehead atoms. The molecule has 0 unspecified atom stereocenters. The molecule has 4 heterocycles. The number of rotatable bonds is 6. The standard InChI is InChI=1S/C28H27F2N5O3/c1-16(34-9-5-17(6-10-34)26-21(29)12-18(28(37)38)13-22(26)30)24-15-20-23(4-8-32-27(20)33(24)3)35-11-7-19(31-2)14-25(35)36/h4-5,7-8,11-16,31H,6,9-10H2,1-3H3,(H,37,38)/t16-/m1/s1. The normalized spacial score (nSPS) is 14.9. The van der Waals surface area contributed by atoms with Gasteiger partial charge in [-0.25, -0.2) is 18.6 Å². The number of pyridine rings is 2. The summed E-state index contributed by atoms with van der Waals surface area (Å²) in [7, 11) is 3.69. The summed E-state index contributed by atoms with van der Waals surface area (Å²) in [5.74, 6) is -3.12. The third-order valence-electron chi connectivity index (χ3n) is 7.24. The van der Waals surface area contributed by atoms with Crippen LogP contribution in [0.5, 0.6) is 0 Å². The van der Waals surface area contributed by atoms with E-state index in [1.165, 1.54) is 6.07 Å².